The van der Waals surface area contributed by atoms with Gasteiger partial charge in [-0.3, -0.25) is 4.99 Å². The van der Waals surface area contributed by atoms with Crippen LogP contribution in [-0.2, 0) is 0 Å². The first-order valence-corrected chi connectivity index (χ1v) is 7.75. The number of hydrogen-bond acceptors (Lipinski definition) is 3. The van der Waals surface area contributed by atoms with E-state index >= 15 is 0 Å². The Bertz CT molecular complexity index is 640. The van der Waals surface area contributed by atoms with Gasteiger partial charge in [-0.15, -0.1) is 0 Å². The van der Waals surface area contributed by atoms with Crippen molar-refractivity contribution in [2.75, 3.05) is 19.6 Å². The topological polar surface area (TPSA) is 36.4 Å². The molecule has 2 aromatic rings. The predicted molar refractivity (Wildman–Crippen MR) is 89.8 cm³/mol. The Morgan fingerprint density at radius 3 is 2.71 bits per heavy atom. The largest absolute Gasteiger partial charge is 0.356 e. The van der Waals surface area contributed by atoms with Gasteiger partial charge in [0.15, 0.2) is 5.96 Å². The van der Waals surface area contributed by atoms with E-state index < -0.39 is 0 Å². The second-order valence-corrected chi connectivity index (χ2v) is 5.96. The van der Waals surface area contributed by atoms with Gasteiger partial charge < -0.3 is 10.6 Å². The van der Waals surface area contributed by atoms with E-state index in [4.69, 9.17) is 0 Å². The van der Waals surface area contributed by atoms with Crippen molar-refractivity contribution >= 4 is 16.7 Å². The van der Waals surface area contributed by atoms with Crippen molar-refractivity contribution in [2.45, 2.75) is 19.8 Å². The molecule has 3 nitrogen and oxygen atoms in total. The quantitative estimate of drug-likeness (QED) is 0.903. The van der Waals surface area contributed by atoms with Gasteiger partial charge in [-0.2, -0.15) is 0 Å². The van der Waals surface area contributed by atoms with Crippen LogP contribution < -0.4 is 10.6 Å². The smallest absolute Gasteiger partial charge is 0.191 e. The minimum atomic E-state index is 0.473. The van der Waals surface area contributed by atoms with Crippen LogP contribution in [0, 0.1) is 5.92 Å². The third kappa shape index (κ3) is 3.02. The van der Waals surface area contributed by atoms with Gasteiger partial charge in [0.05, 0.1) is 6.54 Å². The van der Waals surface area contributed by atoms with Crippen LogP contribution >= 0.6 is 0 Å². The molecule has 0 amide bonds. The summed E-state index contributed by atoms with van der Waals surface area (Å²) in [5, 5.41) is 9.42. The maximum atomic E-state index is 4.42. The van der Waals surface area contributed by atoms with Gasteiger partial charge in [-0.05, 0) is 22.3 Å². The average molecular weight is 281 g/mol. The molecule has 1 unspecified atom stereocenters. The summed E-state index contributed by atoms with van der Waals surface area (Å²) in [7, 11) is 0. The monoisotopic (exact) mass is 281 g/mol. The molecule has 0 aromatic heterocycles. The normalized spacial score (nSPS) is 15.9. The van der Waals surface area contributed by atoms with E-state index in [-0.39, 0.29) is 0 Å². The maximum absolute atomic E-state index is 4.42. The van der Waals surface area contributed by atoms with Crippen LogP contribution in [0.25, 0.3) is 10.8 Å². The fourth-order valence-electron chi connectivity index (χ4n) is 3.00. The second-order valence-electron chi connectivity index (χ2n) is 5.96. The lowest BCUT2D eigenvalue weighted by molar-refractivity contribution is 0.492. The summed E-state index contributed by atoms with van der Waals surface area (Å²) in [4.78, 5) is 4.42. The van der Waals surface area contributed by atoms with Crippen LogP contribution in [-0.4, -0.2) is 25.6 Å². The first-order chi connectivity index (χ1) is 10.3. The minimum Gasteiger partial charge on any atom is -0.356 e. The van der Waals surface area contributed by atoms with Crippen molar-refractivity contribution in [1.82, 2.24) is 10.6 Å². The highest BCUT2D eigenvalue weighted by atomic mass is 15.2. The summed E-state index contributed by atoms with van der Waals surface area (Å²) in [5.74, 6) is 1.99. The number of nitrogens with zero attached hydrogens (tertiary/aromatic N) is 1. The van der Waals surface area contributed by atoms with E-state index in [2.05, 4.69) is 71.9 Å². The summed E-state index contributed by atoms with van der Waals surface area (Å²) in [6.45, 7) is 7.32. The molecule has 1 atom stereocenters. The molecule has 0 fully saturated rings. The van der Waals surface area contributed by atoms with Crippen molar-refractivity contribution in [3.63, 3.8) is 0 Å². The molecule has 0 radical (unpaired) electrons. The van der Waals surface area contributed by atoms with Crippen molar-refractivity contribution in [3.8, 4) is 0 Å². The molecule has 0 saturated heterocycles. The Morgan fingerprint density at radius 2 is 1.95 bits per heavy atom. The number of fused-ring (bicyclic) bond motifs is 1. The minimum absolute atomic E-state index is 0.473. The molecule has 1 aliphatic rings. The molecule has 3 rings (SSSR count). The maximum Gasteiger partial charge on any atom is 0.191 e. The first-order valence-electron chi connectivity index (χ1n) is 7.75. The molecule has 1 aliphatic heterocycles. The van der Waals surface area contributed by atoms with Gasteiger partial charge in [-0.1, -0.05) is 56.3 Å². The van der Waals surface area contributed by atoms with E-state index in [1.54, 1.807) is 0 Å². The highest BCUT2D eigenvalue weighted by Gasteiger charge is 2.19. The number of guanidine groups is 1. The summed E-state index contributed by atoms with van der Waals surface area (Å²) in [6.07, 6.45) is 0. The summed E-state index contributed by atoms with van der Waals surface area (Å²) in [6, 6.07) is 15.3. The highest BCUT2D eigenvalue weighted by Crippen LogP contribution is 2.30. The van der Waals surface area contributed by atoms with Crippen molar-refractivity contribution < 1.29 is 0 Å². The van der Waals surface area contributed by atoms with Gasteiger partial charge in [0, 0.05) is 19.0 Å². The van der Waals surface area contributed by atoms with Crippen molar-refractivity contribution in [1.29, 1.82) is 0 Å². The summed E-state index contributed by atoms with van der Waals surface area (Å²) >= 11 is 0. The first kappa shape index (κ1) is 13.9. The molecule has 2 N–H and O–H groups in total. The molecule has 0 spiro atoms. The summed E-state index contributed by atoms with van der Waals surface area (Å²) < 4.78 is 0. The van der Waals surface area contributed by atoms with Gasteiger partial charge in [0.1, 0.15) is 0 Å². The number of hydrogen-bond donors (Lipinski definition) is 2. The standard InChI is InChI=1S/C18H23N3/c1-13(2)17(12-21-18-19-10-11-20-18)16-9-5-7-14-6-3-4-8-15(14)16/h3-9,13,17H,10-12H2,1-2H3,(H2,19,20,21). The predicted octanol–water partition coefficient (Wildman–Crippen LogP) is 3.13. The third-order valence-electron chi connectivity index (χ3n) is 4.19. The van der Waals surface area contributed by atoms with Crippen LogP contribution in [0.5, 0.6) is 0 Å². The van der Waals surface area contributed by atoms with E-state index in [0.717, 1.165) is 25.6 Å². The number of aliphatic imine (C=N–C) groups is 1. The van der Waals surface area contributed by atoms with Crippen LogP contribution in [0.4, 0.5) is 0 Å². The van der Waals surface area contributed by atoms with Crippen molar-refractivity contribution in [2.24, 2.45) is 10.9 Å². The fourth-order valence-corrected chi connectivity index (χ4v) is 3.00. The molecule has 110 valence electrons. The lowest BCUT2D eigenvalue weighted by Crippen LogP contribution is -2.37. The van der Waals surface area contributed by atoms with Gasteiger partial charge in [0.2, 0.25) is 0 Å². The van der Waals surface area contributed by atoms with E-state index in [0.29, 0.717) is 11.8 Å². The van der Waals surface area contributed by atoms with E-state index in [9.17, 15) is 0 Å². The SMILES string of the molecule is CC(C)C(CNC1=NCCN1)c1cccc2ccccc12. The molecule has 1 heterocycles. The molecule has 0 saturated carbocycles. The lowest BCUT2D eigenvalue weighted by Gasteiger charge is -2.24. The third-order valence-corrected chi connectivity index (χ3v) is 4.19. The van der Waals surface area contributed by atoms with Gasteiger partial charge in [-0.25, -0.2) is 0 Å². The number of nitrogens with one attached hydrogen (secondary N) is 2. The zero-order valence-corrected chi connectivity index (χ0v) is 12.8. The second kappa shape index (κ2) is 6.17. The van der Waals surface area contributed by atoms with Crippen LogP contribution in [0.15, 0.2) is 47.5 Å². The van der Waals surface area contributed by atoms with Gasteiger partial charge in [0.25, 0.3) is 0 Å². The molecule has 0 bridgehead atoms. The van der Waals surface area contributed by atoms with Crippen LogP contribution in [0.2, 0.25) is 0 Å². The Labute approximate surface area is 126 Å². The van der Waals surface area contributed by atoms with E-state index in [1.807, 2.05) is 0 Å². The highest BCUT2D eigenvalue weighted by molar-refractivity contribution is 5.86. The Morgan fingerprint density at radius 1 is 1.14 bits per heavy atom. The fraction of sp³-hybridized carbons (Fsp3) is 0.389. The van der Waals surface area contributed by atoms with E-state index in [1.165, 1.54) is 16.3 Å². The zero-order valence-electron chi connectivity index (χ0n) is 12.8. The molecule has 2 aromatic carbocycles. The van der Waals surface area contributed by atoms with Crippen LogP contribution in [0.1, 0.15) is 25.3 Å². The Balaban J connectivity index is 1.88. The van der Waals surface area contributed by atoms with Crippen molar-refractivity contribution in [3.05, 3.63) is 48.0 Å². The molecule has 0 aliphatic carbocycles. The molecule has 21 heavy (non-hydrogen) atoms. The van der Waals surface area contributed by atoms with Gasteiger partial charge >= 0.3 is 0 Å². The summed E-state index contributed by atoms with van der Waals surface area (Å²) in [5.41, 5.74) is 1.43. The average Bonchev–Trinajstić information content (AvgIpc) is 3.01. The number of rotatable bonds is 4. The lowest BCUT2D eigenvalue weighted by atomic mass is 9.85. The number of benzene rings is 2. The molecular formula is C18H23N3. The molecule has 3 heteroatoms. The molecular weight excluding hydrogens is 258 g/mol. The Kier molecular flexibility index (Phi) is 4.09. The van der Waals surface area contributed by atoms with Crippen LogP contribution in [0.3, 0.4) is 0 Å². The Hall–Kier alpha value is -2.03. The zero-order chi connectivity index (χ0) is 14.7.